The van der Waals surface area contributed by atoms with Crippen LogP contribution in [-0.2, 0) is 9.63 Å². The van der Waals surface area contributed by atoms with E-state index in [1.54, 1.807) is 6.92 Å². The molecule has 7 heteroatoms. The van der Waals surface area contributed by atoms with Crippen molar-refractivity contribution in [1.82, 2.24) is 5.32 Å². The van der Waals surface area contributed by atoms with Crippen molar-refractivity contribution in [2.75, 3.05) is 6.54 Å². The Kier molecular flexibility index (Phi) is 4.64. The van der Waals surface area contributed by atoms with Crippen LogP contribution < -0.4 is 11.1 Å². The van der Waals surface area contributed by atoms with Gasteiger partial charge in [0.25, 0.3) is 5.91 Å². The first-order valence-corrected chi connectivity index (χ1v) is 3.34. The van der Waals surface area contributed by atoms with Crippen LogP contribution in [0.2, 0.25) is 0 Å². The number of oxime groups is 1. The van der Waals surface area contributed by atoms with Gasteiger partial charge in [-0.3, -0.25) is 9.63 Å². The standard InChI is InChI=1S/C6H8N4O3/c1-2-9-6(12)13-10-4(3-7)5(8)11/h2H2,1H3,(H2,8,11)(H,9,12). The number of rotatable bonds is 3. The van der Waals surface area contributed by atoms with Crippen molar-refractivity contribution in [3.05, 3.63) is 0 Å². The molecule has 0 aromatic heterocycles. The van der Waals surface area contributed by atoms with Crippen molar-refractivity contribution in [3.63, 3.8) is 0 Å². The Hall–Kier alpha value is -2.10. The van der Waals surface area contributed by atoms with Gasteiger partial charge in [0.05, 0.1) is 0 Å². The Bertz CT molecular complexity index is 278. The number of hydrogen-bond donors (Lipinski definition) is 2. The van der Waals surface area contributed by atoms with Gasteiger partial charge in [-0.15, -0.1) is 0 Å². The van der Waals surface area contributed by atoms with Crippen LogP contribution in [0.5, 0.6) is 0 Å². The minimum atomic E-state index is -1.05. The average Bonchev–Trinajstić information content (AvgIpc) is 2.05. The fourth-order valence-corrected chi connectivity index (χ4v) is 0.384. The van der Waals surface area contributed by atoms with E-state index >= 15 is 0 Å². The number of nitrogens with zero attached hydrogens (tertiary/aromatic N) is 2. The van der Waals surface area contributed by atoms with Crippen molar-refractivity contribution in [1.29, 1.82) is 5.26 Å². The molecule has 0 aliphatic heterocycles. The number of nitriles is 1. The maximum absolute atomic E-state index is 10.6. The summed E-state index contributed by atoms with van der Waals surface area (Å²) in [7, 11) is 0. The summed E-state index contributed by atoms with van der Waals surface area (Å²) in [5.74, 6) is -1.05. The molecule has 0 aromatic carbocycles. The van der Waals surface area contributed by atoms with E-state index in [9.17, 15) is 9.59 Å². The maximum Gasteiger partial charge on any atom is 0.433 e. The molecule has 0 bridgehead atoms. The van der Waals surface area contributed by atoms with E-state index in [1.165, 1.54) is 6.07 Å². The van der Waals surface area contributed by atoms with Crippen LogP contribution in [-0.4, -0.2) is 24.3 Å². The Morgan fingerprint density at radius 1 is 1.69 bits per heavy atom. The van der Waals surface area contributed by atoms with Crippen LogP contribution in [0.25, 0.3) is 0 Å². The zero-order valence-corrected chi connectivity index (χ0v) is 6.90. The van der Waals surface area contributed by atoms with Crippen LogP contribution in [0.4, 0.5) is 4.79 Å². The lowest BCUT2D eigenvalue weighted by Gasteiger charge is -1.96. The molecule has 0 saturated carbocycles. The second kappa shape index (κ2) is 5.54. The lowest BCUT2D eigenvalue weighted by molar-refractivity contribution is -0.112. The largest absolute Gasteiger partial charge is 0.433 e. The first kappa shape index (κ1) is 10.9. The van der Waals surface area contributed by atoms with Crippen molar-refractivity contribution in [2.24, 2.45) is 10.9 Å². The molecule has 70 valence electrons. The zero-order valence-electron chi connectivity index (χ0n) is 6.90. The first-order chi connectivity index (χ1) is 6.11. The summed E-state index contributed by atoms with van der Waals surface area (Å²) in [5, 5.41) is 13.4. The molecule has 0 aromatic rings. The molecule has 0 saturated heterocycles. The number of primary amides is 1. The van der Waals surface area contributed by atoms with Crippen LogP contribution >= 0.6 is 0 Å². The van der Waals surface area contributed by atoms with E-state index < -0.39 is 17.7 Å². The summed E-state index contributed by atoms with van der Waals surface area (Å²) in [6, 6.07) is 1.37. The lowest BCUT2D eigenvalue weighted by atomic mass is 10.4. The summed E-state index contributed by atoms with van der Waals surface area (Å²) in [6.45, 7) is 2.02. The summed E-state index contributed by atoms with van der Waals surface area (Å²) in [4.78, 5) is 25.1. The highest BCUT2D eigenvalue weighted by atomic mass is 16.7. The molecule has 0 aliphatic rings. The molecule has 0 unspecified atom stereocenters. The van der Waals surface area contributed by atoms with Gasteiger partial charge in [0.2, 0.25) is 5.71 Å². The number of carbonyl (C=O) groups excluding carboxylic acids is 2. The van der Waals surface area contributed by atoms with Gasteiger partial charge in [0.15, 0.2) is 0 Å². The molecule has 0 atom stereocenters. The Balaban J connectivity index is 4.17. The molecular weight excluding hydrogens is 176 g/mol. The average molecular weight is 184 g/mol. The molecule has 0 aliphatic carbocycles. The molecule has 0 fully saturated rings. The predicted octanol–water partition coefficient (Wildman–Crippen LogP) is -0.903. The van der Waals surface area contributed by atoms with Crippen LogP contribution in [0.15, 0.2) is 5.16 Å². The molecule has 2 amide bonds. The topological polar surface area (TPSA) is 118 Å². The smallest absolute Gasteiger partial charge is 0.364 e. The van der Waals surface area contributed by atoms with E-state index in [0.29, 0.717) is 6.54 Å². The van der Waals surface area contributed by atoms with E-state index in [0.717, 1.165) is 0 Å². The van der Waals surface area contributed by atoms with Crippen molar-refractivity contribution in [3.8, 4) is 6.07 Å². The Labute approximate surface area is 74.1 Å². The van der Waals surface area contributed by atoms with E-state index in [2.05, 4.69) is 15.3 Å². The highest BCUT2D eigenvalue weighted by Gasteiger charge is 2.07. The number of carbonyl (C=O) groups is 2. The monoisotopic (exact) mass is 184 g/mol. The number of nitrogens with one attached hydrogen (secondary N) is 1. The van der Waals surface area contributed by atoms with Gasteiger partial charge >= 0.3 is 6.09 Å². The molecule has 0 spiro atoms. The summed E-state index contributed by atoms with van der Waals surface area (Å²) in [5.41, 5.74) is 4.04. The lowest BCUT2D eigenvalue weighted by Crippen LogP contribution is -2.25. The van der Waals surface area contributed by atoms with Crippen LogP contribution in [0.1, 0.15) is 6.92 Å². The van der Waals surface area contributed by atoms with Gasteiger partial charge in [0.1, 0.15) is 6.07 Å². The molecular formula is C6H8N4O3. The minimum Gasteiger partial charge on any atom is -0.364 e. The van der Waals surface area contributed by atoms with Gasteiger partial charge in [-0.05, 0) is 6.92 Å². The summed E-state index contributed by atoms with van der Waals surface area (Å²) < 4.78 is 0. The normalized spacial score (nSPS) is 10.0. The molecule has 3 N–H and O–H groups in total. The predicted molar refractivity (Wildman–Crippen MR) is 42.4 cm³/mol. The fourth-order valence-electron chi connectivity index (χ4n) is 0.384. The van der Waals surface area contributed by atoms with E-state index in [-0.39, 0.29) is 0 Å². The van der Waals surface area contributed by atoms with E-state index in [4.69, 9.17) is 11.0 Å². The van der Waals surface area contributed by atoms with Gasteiger partial charge in [-0.2, -0.15) is 5.26 Å². The van der Waals surface area contributed by atoms with E-state index in [1.807, 2.05) is 0 Å². The third-order valence-corrected chi connectivity index (χ3v) is 0.880. The fraction of sp³-hybridized carbons (Fsp3) is 0.333. The molecule has 0 radical (unpaired) electrons. The minimum absolute atomic E-state index is 0.354. The Morgan fingerprint density at radius 2 is 2.31 bits per heavy atom. The zero-order chi connectivity index (χ0) is 10.3. The third kappa shape index (κ3) is 4.36. The molecule has 0 rings (SSSR count). The first-order valence-electron chi connectivity index (χ1n) is 3.34. The van der Waals surface area contributed by atoms with Gasteiger partial charge < -0.3 is 11.1 Å². The van der Waals surface area contributed by atoms with Crippen molar-refractivity contribution in [2.45, 2.75) is 6.92 Å². The summed E-state index contributed by atoms with van der Waals surface area (Å²) >= 11 is 0. The van der Waals surface area contributed by atoms with Crippen molar-refractivity contribution < 1.29 is 14.4 Å². The number of nitrogens with two attached hydrogens (primary N) is 1. The third-order valence-electron chi connectivity index (χ3n) is 0.880. The SMILES string of the molecule is CCNC(=O)ON=C(C#N)C(N)=O. The highest BCUT2D eigenvalue weighted by molar-refractivity contribution is 6.44. The second-order valence-corrected chi connectivity index (χ2v) is 1.83. The summed E-state index contributed by atoms with van der Waals surface area (Å²) in [6.07, 6.45) is -0.850. The number of hydrogen-bond acceptors (Lipinski definition) is 5. The number of amides is 2. The Morgan fingerprint density at radius 3 is 2.69 bits per heavy atom. The molecule has 13 heavy (non-hydrogen) atoms. The molecule has 0 heterocycles. The second-order valence-electron chi connectivity index (χ2n) is 1.83. The molecule has 7 nitrogen and oxygen atoms in total. The van der Waals surface area contributed by atoms with Gasteiger partial charge in [-0.1, -0.05) is 5.16 Å². The van der Waals surface area contributed by atoms with Gasteiger partial charge in [-0.25, -0.2) is 4.79 Å². The highest BCUT2D eigenvalue weighted by Crippen LogP contribution is 1.81. The van der Waals surface area contributed by atoms with Gasteiger partial charge in [0, 0.05) is 6.54 Å². The van der Waals surface area contributed by atoms with Crippen molar-refractivity contribution >= 4 is 17.7 Å². The van der Waals surface area contributed by atoms with Crippen LogP contribution in [0, 0.1) is 11.3 Å². The van der Waals surface area contributed by atoms with Crippen LogP contribution in [0.3, 0.4) is 0 Å². The quantitative estimate of drug-likeness (QED) is 0.335. The maximum atomic E-state index is 10.6.